The molecule has 1 aliphatic heterocycles. The highest BCUT2D eigenvalue weighted by atomic mass is 16.7. The summed E-state index contributed by atoms with van der Waals surface area (Å²) in [6.07, 6.45) is 0. The van der Waals surface area contributed by atoms with Crippen LogP contribution in [0, 0.1) is 0 Å². The highest BCUT2D eigenvalue weighted by Gasteiger charge is 2.51. The van der Waals surface area contributed by atoms with Gasteiger partial charge in [0, 0.05) is 33.5 Å². The lowest BCUT2D eigenvalue weighted by Gasteiger charge is -2.32. The van der Waals surface area contributed by atoms with Crippen molar-refractivity contribution >= 4 is 51.4 Å². The van der Waals surface area contributed by atoms with Gasteiger partial charge in [-0.1, -0.05) is 91.0 Å². The maximum Gasteiger partial charge on any atom is 0.494 e. The Morgan fingerprint density at radius 3 is 1.72 bits per heavy atom. The summed E-state index contributed by atoms with van der Waals surface area (Å²) < 4.78 is 15.3. The lowest BCUT2D eigenvalue weighted by atomic mass is 9.79. The molecule has 0 atom stereocenters. The van der Waals surface area contributed by atoms with E-state index in [4.69, 9.17) is 9.31 Å². The maximum atomic E-state index is 6.45. The summed E-state index contributed by atoms with van der Waals surface area (Å²) in [6.45, 7) is 8.40. The van der Waals surface area contributed by atoms with Gasteiger partial charge in [0.15, 0.2) is 0 Å². The number of fused-ring (bicyclic) bond motifs is 3. The van der Waals surface area contributed by atoms with Gasteiger partial charge in [0.1, 0.15) is 0 Å². The molecule has 4 nitrogen and oxygen atoms in total. The third-order valence-electron chi connectivity index (χ3n) is 9.79. The van der Waals surface area contributed by atoms with Crippen LogP contribution in [-0.4, -0.2) is 22.9 Å². The van der Waals surface area contributed by atoms with Crippen molar-refractivity contribution in [3.05, 3.63) is 152 Å². The first-order chi connectivity index (χ1) is 22.8. The molecule has 2 heterocycles. The highest BCUT2D eigenvalue weighted by molar-refractivity contribution is 6.62. The minimum atomic E-state index is -0.429. The van der Waals surface area contributed by atoms with Crippen LogP contribution in [-0.2, 0) is 9.31 Å². The normalized spacial score (nSPS) is 15.4. The number of rotatable bonds is 6. The fraction of sp³-hybridized carbons (Fsp3) is 0.143. The van der Waals surface area contributed by atoms with Gasteiger partial charge in [0.05, 0.1) is 22.2 Å². The Hall–Kier alpha value is -5.10. The average molecular weight is 613 g/mol. The second-order valence-electron chi connectivity index (χ2n) is 13.3. The van der Waals surface area contributed by atoms with Gasteiger partial charge in [-0.3, -0.25) is 0 Å². The predicted octanol–water partition coefficient (Wildman–Crippen LogP) is 10.2. The fourth-order valence-corrected chi connectivity index (χ4v) is 6.64. The van der Waals surface area contributed by atoms with E-state index in [1.807, 2.05) is 0 Å². The Balaban J connectivity index is 1.24. The summed E-state index contributed by atoms with van der Waals surface area (Å²) >= 11 is 0. The van der Waals surface area contributed by atoms with Crippen LogP contribution in [0.15, 0.2) is 152 Å². The Kier molecular flexibility index (Phi) is 7.05. The zero-order valence-corrected chi connectivity index (χ0v) is 27.2. The number of para-hydroxylation sites is 3. The Morgan fingerprint density at radius 1 is 0.489 bits per heavy atom. The van der Waals surface area contributed by atoms with E-state index in [1.54, 1.807) is 0 Å². The second kappa shape index (κ2) is 11.3. The van der Waals surface area contributed by atoms with Crippen LogP contribution >= 0.6 is 0 Å². The zero-order valence-electron chi connectivity index (χ0n) is 27.2. The summed E-state index contributed by atoms with van der Waals surface area (Å²) in [7, 11) is -0.429. The summed E-state index contributed by atoms with van der Waals surface area (Å²) in [5.74, 6) is 0. The molecule has 8 rings (SSSR count). The van der Waals surface area contributed by atoms with Crippen LogP contribution in [0.2, 0.25) is 0 Å². The topological polar surface area (TPSA) is 26.6 Å². The molecule has 0 spiro atoms. The molecule has 0 radical (unpaired) electrons. The van der Waals surface area contributed by atoms with Crippen LogP contribution < -0.4 is 10.4 Å². The van der Waals surface area contributed by atoms with E-state index in [0.717, 1.165) is 44.9 Å². The first kappa shape index (κ1) is 29.3. The van der Waals surface area contributed by atoms with Gasteiger partial charge >= 0.3 is 7.12 Å². The van der Waals surface area contributed by atoms with E-state index in [2.05, 4.69) is 189 Å². The Morgan fingerprint density at radius 2 is 1.04 bits per heavy atom. The lowest BCUT2D eigenvalue weighted by Crippen LogP contribution is -2.41. The van der Waals surface area contributed by atoms with Gasteiger partial charge in [-0.15, -0.1) is 0 Å². The van der Waals surface area contributed by atoms with Crippen molar-refractivity contribution in [1.29, 1.82) is 0 Å². The zero-order chi connectivity index (χ0) is 32.2. The van der Waals surface area contributed by atoms with Gasteiger partial charge in [0.2, 0.25) is 0 Å². The summed E-state index contributed by atoms with van der Waals surface area (Å²) in [6, 6.07) is 53.9. The summed E-state index contributed by atoms with van der Waals surface area (Å²) in [5, 5.41) is 2.42. The first-order valence-electron chi connectivity index (χ1n) is 16.3. The van der Waals surface area contributed by atoms with Gasteiger partial charge in [-0.2, -0.15) is 0 Å². The van der Waals surface area contributed by atoms with Crippen molar-refractivity contribution in [1.82, 2.24) is 4.57 Å². The SMILES string of the molecule is CC1(C)OB(c2ccc3c4ccccc4n(-c4cccc(-c5cccc(N(c6ccccc6)c6ccccc6)c5)c4)c3c2)OC1(C)C. The number of benzene rings is 6. The van der Waals surface area contributed by atoms with Gasteiger partial charge in [-0.05, 0) is 105 Å². The van der Waals surface area contributed by atoms with E-state index in [-0.39, 0.29) is 0 Å². The molecule has 1 fully saturated rings. The molecule has 230 valence electrons. The standard InChI is InChI=1S/C42H37BN2O2/c1-41(2)42(3,4)47-43(46-41)32-25-26-38-37-23-11-12-24-39(37)45(40(38)29-32)36-22-14-16-31(28-36)30-15-13-21-35(27-30)44(33-17-7-5-8-18-33)34-19-9-6-10-20-34/h5-29H,1-4H3. The third-order valence-corrected chi connectivity index (χ3v) is 9.79. The highest BCUT2D eigenvalue weighted by Crippen LogP contribution is 2.39. The van der Waals surface area contributed by atoms with Crippen LogP contribution in [0.25, 0.3) is 38.6 Å². The van der Waals surface area contributed by atoms with Gasteiger partial charge in [-0.25, -0.2) is 0 Å². The van der Waals surface area contributed by atoms with Crippen LogP contribution in [0.5, 0.6) is 0 Å². The van der Waals surface area contributed by atoms with E-state index in [0.29, 0.717) is 0 Å². The average Bonchev–Trinajstić information content (AvgIpc) is 3.54. The largest absolute Gasteiger partial charge is 0.494 e. The second-order valence-corrected chi connectivity index (χ2v) is 13.3. The molecular weight excluding hydrogens is 575 g/mol. The van der Waals surface area contributed by atoms with Crippen LogP contribution in [0.3, 0.4) is 0 Å². The molecule has 0 amide bonds. The van der Waals surface area contributed by atoms with E-state index < -0.39 is 18.3 Å². The molecule has 6 aromatic carbocycles. The number of anilines is 3. The van der Waals surface area contributed by atoms with Gasteiger partial charge < -0.3 is 18.8 Å². The molecular formula is C42H37BN2O2. The van der Waals surface area contributed by atoms with Crippen molar-refractivity contribution in [3.63, 3.8) is 0 Å². The molecule has 7 aromatic rings. The molecule has 0 N–H and O–H groups in total. The first-order valence-corrected chi connectivity index (χ1v) is 16.3. The molecule has 1 saturated heterocycles. The minimum absolute atomic E-state index is 0.404. The molecule has 1 aliphatic rings. The van der Waals surface area contributed by atoms with E-state index in [1.165, 1.54) is 16.3 Å². The predicted molar refractivity (Wildman–Crippen MR) is 197 cm³/mol. The Labute approximate surface area is 277 Å². The summed E-state index contributed by atoms with van der Waals surface area (Å²) in [4.78, 5) is 2.30. The maximum absolute atomic E-state index is 6.45. The van der Waals surface area contributed by atoms with Crippen molar-refractivity contribution in [2.45, 2.75) is 38.9 Å². The van der Waals surface area contributed by atoms with E-state index >= 15 is 0 Å². The molecule has 0 bridgehead atoms. The number of aromatic nitrogens is 1. The van der Waals surface area contributed by atoms with Crippen LogP contribution in [0.1, 0.15) is 27.7 Å². The van der Waals surface area contributed by atoms with Crippen molar-refractivity contribution < 1.29 is 9.31 Å². The van der Waals surface area contributed by atoms with Crippen molar-refractivity contribution in [2.24, 2.45) is 0 Å². The number of hydrogen-bond acceptors (Lipinski definition) is 3. The smallest absolute Gasteiger partial charge is 0.399 e. The molecule has 0 unspecified atom stereocenters. The van der Waals surface area contributed by atoms with Crippen molar-refractivity contribution in [2.75, 3.05) is 4.90 Å². The molecule has 0 aliphatic carbocycles. The summed E-state index contributed by atoms with van der Waals surface area (Å²) in [5.41, 5.74) is 9.26. The number of hydrogen-bond donors (Lipinski definition) is 0. The van der Waals surface area contributed by atoms with Gasteiger partial charge in [0.25, 0.3) is 0 Å². The number of nitrogens with zero attached hydrogens (tertiary/aromatic N) is 2. The monoisotopic (exact) mass is 612 g/mol. The quantitative estimate of drug-likeness (QED) is 0.175. The third kappa shape index (κ3) is 5.13. The fourth-order valence-electron chi connectivity index (χ4n) is 6.64. The molecule has 1 aromatic heterocycles. The minimum Gasteiger partial charge on any atom is -0.399 e. The lowest BCUT2D eigenvalue weighted by molar-refractivity contribution is 0.00578. The molecule has 0 saturated carbocycles. The van der Waals surface area contributed by atoms with Crippen molar-refractivity contribution in [3.8, 4) is 16.8 Å². The van der Waals surface area contributed by atoms with Crippen LogP contribution in [0.4, 0.5) is 17.1 Å². The molecule has 5 heteroatoms. The van der Waals surface area contributed by atoms with E-state index in [9.17, 15) is 0 Å². The Bertz CT molecular complexity index is 2170. The molecule has 47 heavy (non-hydrogen) atoms.